The van der Waals surface area contributed by atoms with E-state index in [1.807, 2.05) is 73.7 Å². The molecule has 0 aliphatic carbocycles. The molecule has 1 heterocycles. The number of methoxy groups -OCH3 is 1. The lowest BCUT2D eigenvalue weighted by Gasteiger charge is -2.20. The highest BCUT2D eigenvalue weighted by molar-refractivity contribution is 9.10. The van der Waals surface area contributed by atoms with Crippen LogP contribution in [0, 0.1) is 6.92 Å². The van der Waals surface area contributed by atoms with E-state index in [9.17, 15) is 4.21 Å². The predicted molar refractivity (Wildman–Crippen MR) is 146 cm³/mol. The van der Waals surface area contributed by atoms with Gasteiger partial charge in [0.25, 0.3) is 0 Å². The molecular formula is C27H29BrN4O3S. The van der Waals surface area contributed by atoms with Gasteiger partial charge in [0.2, 0.25) is 6.41 Å². The summed E-state index contributed by atoms with van der Waals surface area (Å²) in [5.41, 5.74) is 7.57. The quantitative estimate of drug-likeness (QED) is 0.285. The third kappa shape index (κ3) is 7.61. The van der Waals surface area contributed by atoms with Gasteiger partial charge in [-0.15, -0.1) is 0 Å². The minimum absolute atomic E-state index is 0.250. The molecule has 3 N–H and O–H groups in total. The molecule has 4 aromatic rings. The maximum absolute atomic E-state index is 13.2. The maximum Gasteiger partial charge on any atom is 0.204 e. The zero-order valence-electron chi connectivity index (χ0n) is 20.1. The van der Waals surface area contributed by atoms with Crippen LogP contribution in [0.3, 0.4) is 0 Å². The first-order chi connectivity index (χ1) is 17.4. The van der Waals surface area contributed by atoms with Gasteiger partial charge in [-0.2, -0.15) is 0 Å². The molecule has 188 valence electrons. The molecule has 4 rings (SSSR count). The summed E-state index contributed by atoms with van der Waals surface area (Å²) in [4.78, 5) is 14.0. The van der Waals surface area contributed by atoms with Gasteiger partial charge in [0.05, 0.1) is 24.2 Å². The first-order valence-corrected chi connectivity index (χ1v) is 13.2. The summed E-state index contributed by atoms with van der Waals surface area (Å²) >= 11 is 3.65. The number of aryl methyl sites for hydroxylation is 1. The normalized spacial score (nSPS) is 12.2. The van der Waals surface area contributed by atoms with E-state index in [0.29, 0.717) is 13.0 Å². The van der Waals surface area contributed by atoms with E-state index in [-0.39, 0.29) is 12.5 Å². The maximum atomic E-state index is 13.2. The SMILES string of the molecule is COc1ccc(Cn2c(Br)cnc2C(Cc2ccccc2)NS(=O)c2ccc(C)cc2)cc1.NC=O. The minimum atomic E-state index is -1.38. The zero-order chi connectivity index (χ0) is 25.9. The van der Waals surface area contributed by atoms with Gasteiger partial charge in [-0.05, 0) is 64.7 Å². The number of ether oxygens (including phenoxy) is 1. The number of carbonyl (C=O) groups is 1. The molecule has 9 heteroatoms. The van der Waals surface area contributed by atoms with Crippen LogP contribution in [-0.2, 0) is 28.7 Å². The molecule has 2 atom stereocenters. The van der Waals surface area contributed by atoms with Crippen molar-refractivity contribution in [3.63, 3.8) is 0 Å². The summed E-state index contributed by atoms with van der Waals surface area (Å²) in [5, 5.41) is 0. The Labute approximate surface area is 222 Å². The molecule has 0 fully saturated rings. The van der Waals surface area contributed by atoms with Crippen LogP contribution in [0.25, 0.3) is 0 Å². The van der Waals surface area contributed by atoms with E-state index in [4.69, 9.17) is 14.5 Å². The highest BCUT2D eigenvalue weighted by Gasteiger charge is 2.22. The first kappa shape index (κ1) is 27.3. The number of nitrogens with two attached hydrogens (primary N) is 1. The van der Waals surface area contributed by atoms with Crippen molar-refractivity contribution in [2.75, 3.05) is 7.11 Å². The molecule has 1 amide bonds. The van der Waals surface area contributed by atoms with Crippen LogP contribution in [0.4, 0.5) is 0 Å². The third-order valence-corrected chi connectivity index (χ3v) is 7.25. The average Bonchev–Trinajstić information content (AvgIpc) is 3.25. The number of benzene rings is 3. The first-order valence-electron chi connectivity index (χ1n) is 11.2. The zero-order valence-corrected chi connectivity index (χ0v) is 22.5. The van der Waals surface area contributed by atoms with E-state index in [0.717, 1.165) is 37.8 Å². The number of rotatable bonds is 9. The second kappa shape index (κ2) is 13.7. The van der Waals surface area contributed by atoms with E-state index >= 15 is 0 Å². The summed E-state index contributed by atoms with van der Waals surface area (Å²) in [5.74, 6) is 1.64. The number of hydrogen-bond donors (Lipinski definition) is 2. The fraction of sp³-hybridized carbons (Fsp3) is 0.185. The van der Waals surface area contributed by atoms with Gasteiger partial charge in [-0.1, -0.05) is 60.2 Å². The lowest BCUT2D eigenvalue weighted by Crippen LogP contribution is -2.28. The summed E-state index contributed by atoms with van der Waals surface area (Å²) in [6.45, 7) is 2.65. The fourth-order valence-electron chi connectivity index (χ4n) is 3.61. The number of amides is 1. The Morgan fingerprint density at radius 2 is 1.69 bits per heavy atom. The van der Waals surface area contributed by atoms with Crippen molar-refractivity contribution < 1.29 is 13.7 Å². The average molecular weight is 570 g/mol. The minimum Gasteiger partial charge on any atom is -0.497 e. The van der Waals surface area contributed by atoms with Gasteiger partial charge >= 0.3 is 0 Å². The second-order valence-corrected chi connectivity index (χ2v) is 10.0. The predicted octanol–water partition coefficient (Wildman–Crippen LogP) is 4.71. The van der Waals surface area contributed by atoms with Crippen molar-refractivity contribution in [1.82, 2.24) is 14.3 Å². The summed E-state index contributed by atoms with van der Waals surface area (Å²) < 4.78 is 24.8. The molecule has 7 nitrogen and oxygen atoms in total. The molecule has 0 spiro atoms. The largest absolute Gasteiger partial charge is 0.497 e. The number of imidazole rings is 1. The third-order valence-electron chi connectivity index (χ3n) is 5.42. The Morgan fingerprint density at radius 3 is 2.31 bits per heavy atom. The topological polar surface area (TPSA) is 99.2 Å². The van der Waals surface area contributed by atoms with E-state index in [1.54, 1.807) is 13.3 Å². The van der Waals surface area contributed by atoms with Crippen molar-refractivity contribution in [1.29, 1.82) is 0 Å². The van der Waals surface area contributed by atoms with Crippen LogP contribution in [-0.4, -0.2) is 27.3 Å². The standard InChI is InChI=1S/C26H26BrN3O2S.CH3NO/c1-19-8-14-23(15-9-19)33(31)29-24(16-20-6-4-3-5-7-20)26-28-17-25(27)30(26)18-21-10-12-22(32-2)13-11-21;2-1-3/h3-15,17,24,29H,16,18H2,1-2H3;1H,(H2,2,3). The highest BCUT2D eigenvalue weighted by Crippen LogP contribution is 2.25. The molecular weight excluding hydrogens is 540 g/mol. The fourth-order valence-corrected chi connectivity index (χ4v) is 4.99. The monoisotopic (exact) mass is 568 g/mol. The Kier molecular flexibility index (Phi) is 10.4. The molecule has 1 aromatic heterocycles. The molecule has 36 heavy (non-hydrogen) atoms. The molecule has 3 aromatic carbocycles. The summed E-state index contributed by atoms with van der Waals surface area (Å²) in [6.07, 6.45) is 2.71. The Bertz CT molecular complexity index is 1260. The van der Waals surface area contributed by atoms with E-state index < -0.39 is 11.0 Å². The van der Waals surface area contributed by atoms with Gasteiger partial charge in [-0.25, -0.2) is 13.9 Å². The summed E-state index contributed by atoms with van der Waals surface area (Å²) in [6, 6.07) is 25.7. The van der Waals surface area contributed by atoms with E-state index in [1.165, 1.54) is 0 Å². The van der Waals surface area contributed by atoms with Gasteiger partial charge in [0.1, 0.15) is 27.2 Å². The van der Waals surface area contributed by atoms with Crippen LogP contribution >= 0.6 is 15.9 Å². The number of hydrogen-bond acceptors (Lipinski definition) is 4. The molecule has 0 radical (unpaired) electrons. The number of primary amides is 1. The summed E-state index contributed by atoms with van der Waals surface area (Å²) in [7, 11) is 0.279. The van der Waals surface area contributed by atoms with Crippen LogP contribution in [0.2, 0.25) is 0 Å². The van der Waals surface area contributed by atoms with Gasteiger partial charge in [0, 0.05) is 6.54 Å². The van der Waals surface area contributed by atoms with Crippen LogP contribution in [0.5, 0.6) is 5.75 Å². The number of aromatic nitrogens is 2. The molecule has 0 saturated heterocycles. The molecule has 0 bridgehead atoms. The van der Waals surface area contributed by atoms with Gasteiger partial charge < -0.3 is 15.0 Å². The molecule has 0 aliphatic heterocycles. The molecule has 0 aliphatic rings. The highest BCUT2D eigenvalue weighted by atomic mass is 79.9. The van der Waals surface area contributed by atoms with Gasteiger partial charge in [0.15, 0.2) is 0 Å². The number of nitrogens with one attached hydrogen (secondary N) is 1. The van der Waals surface area contributed by atoms with Crippen LogP contribution < -0.4 is 15.2 Å². The van der Waals surface area contributed by atoms with Crippen LogP contribution in [0.1, 0.15) is 28.6 Å². The van der Waals surface area contributed by atoms with Crippen molar-refractivity contribution >= 4 is 33.3 Å². The van der Waals surface area contributed by atoms with Crippen molar-refractivity contribution in [3.05, 3.63) is 112 Å². The van der Waals surface area contributed by atoms with Crippen molar-refractivity contribution in [2.24, 2.45) is 5.73 Å². The smallest absolute Gasteiger partial charge is 0.204 e. The molecule has 0 saturated carbocycles. The lowest BCUT2D eigenvalue weighted by molar-refractivity contribution is -0.106. The van der Waals surface area contributed by atoms with E-state index in [2.05, 4.69) is 43.1 Å². The van der Waals surface area contributed by atoms with Gasteiger partial charge in [-0.3, -0.25) is 4.79 Å². The second-order valence-electron chi connectivity index (χ2n) is 7.95. The Morgan fingerprint density at radius 1 is 1.06 bits per heavy atom. The number of carbonyl (C=O) groups excluding carboxylic acids is 1. The van der Waals surface area contributed by atoms with Crippen molar-refractivity contribution in [2.45, 2.75) is 30.8 Å². The Balaban J connectivity index is 0.00000115. The lowest BCUT2D eigenvalue weighted by atomic mass is 10.1. The number of halogens is 1. The number of nitrogens with zero attached hydrogens (tertiary/aromatic N) is 2. The van der Waals surface area contributed by atoms with Crippen LogP contribution in [0.15, 0.2) is 94.6 Å². The van der Waals surface area contributed by atoms with Crippen molar-refractivity contribution in [3.8, 4) is 5.75 Å². The Hall–Kier alpha value is -3.27. The molecule has 2 unspecified atom stereocenters.